The van der Waals surface area contributed by atoms with Crippen molar-refractivity contribution in [2.24, 2.45) is 0 Å². The minimum Gasteiger partial charge on any atom is -0.369 e. The average molecular weight is 492 g/mol. The van der Waals surface area contributed by atoms with E-state index in [1.54, 1.807) is 12.1 Å². The first-order chi connectivity index (χ1) is 15.8. The summed E-state index contributed by atoms with van der Waals surface area (Å²) in [6, 6.07) is 7.43. The largest absolute Gasteiger partial charge is 0.369 e. The summed E-state index contributed by atoms with van der Waals surface area (Å²) >= 11 is 11.7. The monoisotopic (exact) mass is 491 g/mol. The standard InChI is InChI=1S/C23H24Cl2FN5O2/c1-3-31(4-2)10-9-27-19-8-5-15(13-29-19)30-23(33)18-11-14(12-28-18)22(32)20-16(24)6-7-17(25)21(20)26/h5-8,11-13,28H,3-4,9-10H2,1-2H3,(H,27,29)(H,30,33). The van der Waals surface area contributed by atoms with E-state index in [1.807, 2.05) is 0 Å². The van der Waals surface area contributed by atoms with E-state index in [0.29, 0.717) is 11.5 Å². The highest BCUT2D eigenvalue weighted by atomic mass is 35.5. The van der Waals surface area contributed by atoms with Gasteiger partial charge in [-0.1, -0.05) is 37.0 Å². The van der Waals surface area contributed by atoms with Crippen molar-refractivity contribution in [1.29, 1.82) is 0 Å². The van der Waals surface area contributed by atoms with Crippen molar-refractivity contribution in [3.8, 4) is 0 Å². The quantitative estimate of drug-likeness (QED) is 0.271. The van der Waals surface area contributed by atoms with Gasteiger partial charge in [-0.05, 0) is 43.4 Å². The van der Waals surface area contributed by atoms with Crippen molar-refractivity contribution in [2.75, 3.05) is 36.8 Å². The Labute approximate surface area is 201 Å². The van der Waals surface area contributed by atoms with E-state index in [0.717, 1.165) is 26.2 Å². The molecule has 0 aliphatic heterocycles. The van der Waals surface area contributed by atoms with Crippen LogP contribution in [0.2, 0.25) is 10.0 Å². The molecule has 0 radical (unpaired) electrons. The number of nitrogens with one attached hydrogen (secondary N) is 3. The molecule has 0 aliphatic rings. The molecule has 3 aromatic rings. The van der Waals surface area contributed by atoms with Crippen LogP contribution >= 0.6 is 23.2 Å². The van der Waals surface area contributed by atoms with E-state index in [4.69, 9.17) is 23.2 Å². The molecule has 2 aromatic heterocycles. The molecule has 33 heavy (non-hydrogen) atoms. The van der Waals surface area contributed by atoms with Crippen LogP contribution < -0.4 is 10.6 Å². The number of ketones is 1. The van der Waals surface area contributed by atoms with E-state index >= 15 is 0 Å². The number of hydrogen-bond donors (Lipinski definition) is 3. The normalized spacial score (nSPS) is 11.0. The third-order valence-electron chi connectivity index (χ3n) is 5.11. The van der Waals surface area contributed by atoms with Crippen LogP contribution in [-0.4, -0.2) is 52.7 Å². The van der Waals surface area contributed by atoms with Gasteiger partial charge in [0.15, 0.2) is 11.6 Å². The number of amides is 1. The zero-order valence-electron chi connectivity index (χ0n) is 18.2. The van der Waals surface area contributed by atoms with Crippen LogP contribution in [0.15, 0.2) is 42.7 Å². The summed E-state index contributed by atoms with van der Waals surface area (Å²) in [5, 5.41) is 5.66. The van der Waals surface area contributed by atoms with Gasteiger partial charge in [0, 0.05) is 24.8 Å². The summed E-state index contributed by atoms with van der Waals surface area (Å²) in [7, 11) is 0. The van der Waals surface area contributed by atoms with Gasteiger partial charge in [-0.25, -0.2) is 9.37 Å². The summed E-state index contributed by atoms with van der Waals surface area (Å²) in [6.07, 6.45) is 2.85. The number of aromatic amines is 1. The van der Waals surface area contributed by atoms with Crippen LogP contribution in [0.1, 0.15) is 40.3 Å². The van der Waals surface area contributed by atoms with Gasteiger partial charge in [-0.3, -0.25) is 9.59 Å². The minimum absolute atomic E-state index is 0.0639. The lowest BCUT2D eigenvalue weighted by Crippen LogP contribution is -2.28. The molecule has 10 heteroatoms. The molecule has 0 unspecified atom stereocenters. The van der Waals surface area contributed by atoms with E-state index in [1.165, 1.54) is 30.6 Å². The second-order valence-electron chi connectivity index (χ2n) is 7.19. The van der Waals surface area contributed by atoms with Gasteiger partial charge < -0.3 is 20.5 Å². The third-order valence-corrected chi connectivity index (χ3v) is 5.72. The Morgan fingerprint density at radius 1 is 1.12 bits per heavy atom. The summed E-state index contributed by atoms with van der Waals surface area (Å²) in [4.78, 5) is 34.5. The number of pyridine rings is 1. The smallest absolute Gasteiger partial charge is 0.272 e. The van der Waals surface area contributed by atoms with Crippen LogP contribution in [0.25, 0.3) is 0 Å². The number of aromatic nitrogens is 2. The van der Waals surface area contributed by atoms with Crippen LogP contribution in [0, 0.1) is 5.82 Å². The minimum atomic E-state index is -0.904. The lowest BCUT2D eigenvalue weighted by Gasteiger charge is -2.18. The van der Waals surface area contributed by atoms with Crippen LogP contribution in [0.3, 0.4) is 0 Å². The molecule has 1 aromatic carbocycles. The van der Waals surface area contributed by atoms with Crippen molar-refractivity contribution >= 4 is 46.4 Å². The molecule has 0 saturated heterocycles. The van der Waals surface area contributed by atoms with Crippen molar-refractivity contribution in [1.82, 2.24) is 14.9 Å². The number of hydrogen-bond acceptors (Lipinski definition) is 5. The number of nitrogens with zero attached hydrogens (tertiary/aromatic N) is 2. The number of H-pyrrole nitrogens is 1. The predicted octanol–water partition coefficient (Wildman–Crippen LogP) is 5.09. The SMILES string of the molecule is CCN(CC)CCNc1ccc(NC(=O)c2cc(C(=O)c3c(Cl)ccc(Cl)c3F)c[nH]2)cn1. The zero-order valence-corrected chi connectivity index (χ0v) is 19.7. The molecule has 0 atom stereocenters. The second kappa shape index (κ2) is 11.3. The molecule has 0 spiro atoms. The summed E-state index contributed by atoms with van der Waals surface area (Å²) in [6.45, 7) is 7.88. The first kappa shape index (κ1) is 24.7. The van der Waals surface area contributed by atoms with Gasteiger partial charge in [-0.2, -0.15) is 0 Å². The molecule has 0 aliphatic carbocycles. The lowest BCUT2D eigenvalue weighted by atomic mass is 10.0. The first-order valence-electron chi connectivity index (χ1n) is 10.4. The molecule has 174 valence electrons. The number of halogens is 3. The van der Waals surface area contributed by atoms with E-state index in [-0.39, 0.29) is 26.9 Å². The maximum atomic E-state index is 14.3. The Kier molecular flexibility index (Phi) is 8.43. The Morgan fingerprint density at radius 2 is 1.85 bits per heavy atom. The van der Waals surface area contributed by atoms with Crippen LogP contribution in [0.5, 0.6) is 0 Å². The number of carbonyl (C=O) groups is 2. The fourth-order valence-electron chi connectivity index (χ4n) is 3.19. The van der Waals surface area contributed by atoms with Gasteiger partial charge in [0.25, 0.3) is 5.91 Å². The van der Waals surface area contributed by atoms with E-state index in [2.05, 4.69) is 39.3 Å². The lowest BCUT2D eigenvalue weighted by molar-refractivity contribution is 0.102. The first-order valence-corrected chi connectivity index (χ1v) is 11.2. The Morgan fingerprint density at radius 3 is 2.52 bits per heavy atom. The molecule has 1 amide bonds. The molecule has 0 fully saturated rings. The Hall–Kier alpha value is -2.94. The third kappa shape index (κ3) is 6.10. The Balaban J connectivity index is 1.62. The maximum absolute atomic E-state index is 14.3. The molecular formula is C23H24Cl2FN5O2. The van der Waals surface area contributed by atoms with Gasteiger partial charge in [0.2, 0.25) is 0 Å². The highest BCUT2D eigenvalue weighted by Gasteiger charge is 2.22. The fourth-order valence-corrected chi connectivity index (χ4v) is 3.58. The van der Waals surface area contributed by atoms with E-state index < -0.39 is 17.5 Å². The second-order valence-corrected chi connectivity index (χ2v) is 8.00. The average Bonchev–Trinajstić information content (AvgIpc) is 3.31. The van der Waals surface area contributed by atoms with Crippen molar-refractivity contribution < 1.29 is 14.0 Å². The predicted molar refractivity (Wildman–Crippen MR) is 129 cm³/mol. The molecule has 0 bridgehead atoms. The fraction of sp³-hybridized carbons (Fsp3) is 0.261. The van der Waals surface area contributed by atoms with Gasteiger partial charge >= 0.3 is 0 Å². The van der Waals surface area contributed by atoms with Gasteiger partial charge in [0.05, 0.1) is 27.5 Å². The number of rotatable bonds is 10. The zero-order chi connectivity index (χ0) is 24.0. The topological polar surface area (TPSA) is 90.1 Å². The van der Waals surface area contributed by atoms with Gasteiger partial charge in [0.1, 0.15) is 11.5 Å². The Bertz CT molecular complexity index is 1130. The molecule has 3 N–H and O–H groups in total. The molecule has 7 nitrogen and oxygen atoms in total. The van der Waals surface area contributed by atoms with Crippen LogP contribution in [0.4, 0.5) is 15.9 Å². The van der Waals surface area contributed by atoms with E-state index in [9.17, 15) is 14.0 Å². The highest BCUT2D eigenvalue weighted by molar-refractivity contribution is 6.37. The molecule has 3 rings (SSSR count). The van der Waals surface area contributed by atoms with Crippen molar-refractivity contribution in [3.05, 3.63) is 75.4 Å². The number of likely N-dealkylation sites (N-methyl/N-ethyl adjacent to an activating group) is 1. The van der Waals surface area contributed by atoms with Crippen LogP contribution in [-0.2, 0) is 0 Å². The summed E-state index contributed by atoms with van der Waals surface area (Å²) in [5.41, 5.74) is 0.344. The van der Waals surface area contributed by atoms with Gasteiger partial charge in [-0.15, -0.1) is 0 Å². The number of benzene rings is 1. The molecular weight excluding hydrogens is 468 g/mol. The number of anilines is 2. The van der Waals surface area contributed by atoms with Crippen molar-refractivity contribution in [3.63, 3.8) is 0 Å². The highest BCUT2D eigenvalue weighted by Crippen LogP contribution is 2.28. The number of carbonyl (C=O) groups excluding carboxylic acids is 2. The van der Waals surface area contributed by atoms with Crippen molar-refractivity contribution in [2.45, 2.75) is 13.8 Å². The summed E-state index contributed by atoms with van der Waals surface area (Å²) < 4.78 is 14.3. The maximum Gasteiger partial charge on any atom is 0.272 e. The molecule has 2 heterocycles. The molecule has 0 saturated carbocycles. The summed E-state index contributed by atoms with van der Waals surface area (Å²) in [5.74, 6) is -1.36.